The Hall–Kier alpha value is -2.51. The van der Waals surface area contributed by atoms with Crippen molar-refractivity contribution in [2.24, 2.45) is 0 Å². The van der Waals surface area contributed by atoms with Crippen molar-refractivity contribution in [3.63, 3.8) is 0 Å². The molecule has 1 aromatic carbocycles. The van der Waals surface area contributed by atoms with Gasteiger partial charge in [0.05, 0.1) is 0 Å². The maximum absolute atomic E-state index is 13.2. The molecule has 0 fully saturated rings. The van der Waals surface area contributed by atoms with E-state index in [4.69, 9.17) is 10.5 Å². The molecule has 6 nitrogen and oxygen atoms in total. The highest BCUT2D eigenvalue weighted by atomic mass is 19.1. The SMILES string of the molecule is Nc1ncn(CC(=O)OCc2cc(F)ccc2F)n1. The van der Waals surface area contributed by atoms with Crippen LogP contribution < -0.4 is 5.73 Å². The normalized spacial score (nSPS) is 10.4. The van der Waals surface area contributed by atoms with Gasteiger partial charge >= 0.3 is 5.97 Å². The monoisotopic (exact) mass is 268 g/mol. The third kappa shape index (κ3) is 3.47. The molecule has 0 saturated heterocycles. The number of hydrogen-bond donors (Lipinski definition) is 1. The number of carbonyl (C=O) groups excluding carboxylic acids is 1. The first-order valence-corrected chi connectivity index (χ1v) is 5.29. The molecule has 0 spiro atoms. The fourth-order valence-corrected chi connectivity index (χ4v) is 1.38. The van der Waals surface area contributed by atoms with E-state index in [9.17, 15) is 13.6 Å². The molecule has 0 aliphatic rings. The van der Waals surface area contributed by atoms with Gasteiger partial charge in [-0.3, -0.25) is 4.79 Å². The van der Waals surface area contributed by atoms with Gasteiger partial charge in [0.1, 0.15) is 31.1 Å². The van der Waals surface area contributed by atoms with E-state index in [1.807, 2.05) is 0 Å². The summed E-state index contributed by atoms with van der Waals surface area (Å²) in [6, 6.07) is 2.92. The zero-order chi connectivity index (χ0) is 13.8. The smallest absolute Gasteiger partial charge is 0.328 e. The van der Waals surface area contributed by atoms with Crippen LogP contribution in [0, 0.1) is 11.6 Å². The van der Waals surface area contributed by atoms with Gasteiger partial charge in [0.2, 0.25) is 5.95 Å². The first kappa shape index (κ1) is 12.9. The largest absolute Gasteiger partial charge is 0.459 e. The maximum atomic E-state index is 13.2. The highest BCUT2D eigenvalue weighted by Crippen LogP contribution is 2.11. The lowest BCUT2D eigenvalue weighted by atomic mass is 10.2. The number of aromatic nitrogens is 3. The second kappa shape index (κ2) is 5.42. The number of nitrogen functional groups attached to an aromatic ring is 1. The molecule has 0 atom stereocenters. The van der Waals surface area contributed by atoms with E-state index in [1.165, 1.54) is 11.0 Å². The fourth-order valence-electron chi connectivity index (χ4n) is 1.38. The van der Waals surface area contributed by atoms with Gasteiger partial charge in [-0.25, -0.2) is 18.4 Å². The Balaban J connectivity index is 1.91. The zero-order valence-electron chi connectivity index (χ0n) is 9.72. The number of carbonyl (C=O) groups is 1. The van der Waals surface area contributed by atoms with Gasteiger partial charge in [-0.05, 0) is 18.2 Å². The molecule has 0 aliphatic heterocycles. The minimum absolute atomic E-state index is 0.0315. The lowest BCUT2D eigenvalue weighted by molar-refractivity contribution is -0.146. The number of rotatable bonds is 4. The van der Waals surface area contributed by atoms with Crippen LogP contribution >= 0.6 is 0 Å². The summed E-state index contributed by atoms with van der Waals surface area (Å²) in [7, 11) is 0. The van der Waals surface area contributed by atoms with E-state index in [0.29, 0.717) is 0 Å². The summed E-state index contributed by atoms with van der Waals surface area (Å²) in [6.45, 7) is -0.562. The number of halogens is 2. The van der Waals surface area contributed by atoms with Crippen molar-refractivity contribution >= 4 is 11.9 Å². The van der Waals surface area contributed by atoms with Gasteiger partial charge < -0.3 is 10.5 Å². The van der Waals surface area contributed by atoms with Gasteiger partial charge in [0.15, 0.2) is 0 Å². The minimum Gasteiger partial charge on any atom is -0.459 e. The topological polar surface area (TPSA) is 83.0 Å². The minimum atomic E-state index is -0.659. The Labute approximate surface area is 106 Å². The van der Waals surface area contributed by atoms with Crippen LogP contribution in [0.2, 0.25) is 0 Å². The highest BCUT2D eigenvalue weighted by Gasteiger charge is 2.09. The van der Waals surface area contributed by atoms with Crippen LogP contribution in [-0.4, -0.2) is 20.7 Å². The molecule has 1 heterocycles. The van der Waals surface area contributed by atoms with Gasteiger partial charge in [0, 0.05) is 5.56 Å². The second-order valence-corrected chi connectivity index (χ2v) is 3.70. The van der Waals surface area contributed by atoms with Crippen LogP contribution in [-0.2, 0) is 22.7 Å². The summed E-state index contributed by atoms with van der Waals surface area (Å²) < 4.78 is 32.1. The van der Waals surface area contributed by atoms with Crippen LogP contribution in [0.4, 0.5) is 14.7 Å². The maximum Gasteiger partial charge on any atom is 0.328 e. The number of nitrogens with two attached hydrogens (primary N) is 1. The van der Waals surface area contributed by atoms with E-state index in [2.05, 4.69) is 10.1 Å². The molecule has 2 aromatic rings. The standard InChI is InChI=1S/C11H10F2N4O2/c12-8-1-2-9(13)7(3-8)5-19-10(18)4-17-6-15-11(14)16-17/h1-3,6H,4-5H2,(H2,14,16). The molecule has 0 saturated carbocycles. The van der Waals surface area contributed by atoms with Crippen molar-refractivity contribution in [3.8, 4) is 0 Å². The Morgan fingerprint density at radius 2 is 2.21 bits per heavy atom. The number of ether oxygens (including phenoxy) is 1. The van der Waals surface area contributed by atoms with Crippen molar-refractivity contribution in [1.82, 2.24) is 14.8 Å². The second-order valence-electron chi connectivity index (χ2n) is 3.70. The summed E-state index contributed by atoms with van der Waals surface area (Å²) in [5.74, 6) is -1.87. The van der Waals surface area contributed by atoms with Crippen LogP contribution in [0.25, 0.3) is 0 Å². The number of anilines is 1. The molecule has 0 radical (unpaired) electrons. The molecular weight excluding hydrogens is 258 g/mol. The van der Waals surface area contributed by atoms with E-state index in [-0.39, 0.29) is 24.7 Å². The highest BCUT2D eigenvalue weighted by molar-refractivity contribution is 5.69. The van der Waals surface area contributed by atoms with Gasteiger partial charge in [-0.15, -0.1) is 5.10 Å². The molecular formula is C11H10F2N4O2. The first-order valence-electron chi connectivity index (χ1n) is 5.29. The first-order chi connectivity index (χ1) is 9.04. The molecule has 0 bridgehead atoms. The summed E-state index contributed by atoms with van der Waals surface area (Å²) in [4.78, 5) is 15.0. The van der Waals surface area contributed by atoms with Crippen LogP contribution in [0.15, 0.2) is 24.5 Å². The lowest BCUT2D eigenvalue weighted by Crippen LogP contribution is -2.14. The van der Waals surface area contributed by atoms with Crippen LogP contribution in [0.3, 0.4) is 0 Å². The average molecular weight is 268 g/mol. The molecule has 2 N–H and O–H groups in total. The van der Waals surface area contributed by atoms with Crippen LogP contribution in [0.5, 0.6) is 0 Å². The van der Waals surface area contributed by atoms with E-state index in [0.717, 1.165) is 18.2 Å². The van der Waals surface area contributed by atoms with Crippen molar-refractivity contribution in [3.05, 3.63) is 41.7 Å². The van der Waals surface area contributed by atoms with Gasteiger partial charge in [-0.1, -0.05) is 0 Å². The Kier molecular flexibility index (Phi) is 3.69. The number of hydrogen-bond acceptors (Lipinski definition) is 5. The van der Waals surface area contributed by atoms with Crippen molar-refractivity contribution < 1.29 is 18.3 Å². The quantitative estimate of drug-likeness (QED) is 0.832. The lowest BCUT2D eigenvalue weighted by Gasteiger charge is -2.06. The molecule has 100 valence electrons. The number of nitrogens with zero attached hydrogens (tertiary/aromatic N) is 3. The Morgan fingerprint density at radius 3 is 2.89 bits per heavy atom. The van der Waals surface area contributed by atoms with Gasteiger partial charge in [-0.2, -0.15) is 0 Å². The van der Waals surface area contributed by atoms with E-state index in [1.54, 1.807) is 0 Å². The average Bonchev–Trinajstić information content (AvgIpc) is 2.76. The fraction of sp³-hybridized carbons (Fsp3) is 0.182. The molecule has 8 heteroatoms. The summed E-state index contributed by atoms with van der Waals surface area (Å²) >= 11 is 0. The molecule has 1 aromatic heterocycles. The van der Waals surface area contributed by atoms with E-state index >= 15 is 0 Å². The third-order valence-electron chi connectivity index (χ3n) is 2.24. The van der Waals surface area contributed by atoms with E-state index < -0.39 is 17.6 Å². The molecule has 19 heavy (non-hydrogen) atoms. The molecule has 0 aliphatic carbocycles. The zero-order valence-corrected chi connectivity index (χ0v) is 9.72. The van der Waals surface area contributed by atoms with Crippen molar-refractivity contribution in [1.29, 1.82) is 0 Å². The van der Waals surface area contributed by atoms with Gasteiger partial charge in [0.25, 0.3) is 0 Å². The van der Waals surface area contributed by atoms with Crippen molar-refractivity contribution in [2.75, 3.05) is 5.73 Å². The molecule has 0 unspecified atom stereocenters. The van der Waals surface area contributed by atoms with Crippen LogP contribution in [0.1, 0.15) is 5.56 Å². The molecule has 0 amide bonds. The number of esters is 1. The Bertz CT molecular complexity index is 600. The number of benzene rings is 1. The summed E-state index contributed by atoms with van der Waals surface area (Å²) in [5, 5.41) is 3.69. The summed E-state index contributed by atoms with van der Waals surface area (Å²) in [6.07, 6.45) is 1.26. The molecule has 2 rings (SSSR count). The van der Waals surface area contributed by atoms with Crippen molar-refractivity contribution in [2.45, 2.75) is 13.2 Å². The summed E-state index contributed by atoms with van der Waals surface area (Å²) in [5.41, 5.74) is 5.23. The predicted octanol–water partition coefficient (Wildman–Crippen LogP) is 0.882. The third-order valence-corrected chi connectivity index (χ3v) is 2.24. The predicted molar refractivity (Wildman–Crippen MR) is 60.6 cm³/mol. The Morgan fingerprint density at radius 1 is 1.42 bits per heavy atom.